The first-order valence-electron chi connectivity index (χ1n) is 8.77. The highest BCUT2D eigenvalue weighted by molar-refractivity contribution is 5.94. The smallest absolute Gasteiger partial charge is 0.282 e. The number of hydrogen-bond acceptors (Lipinski definition) is 2. The van der Waals surface area contributed by atoms with Crippen LogP contribution in [0.15, 0.2) is 24.3 Å². The zero-order chi connectivity index (χ0) is 18.3. The number of hydrogen-bond donors (Lipinski definition) is 3. The lowest BCUT2D eigenvalue weighted by Crippen LogP contribution is -3.15. The van der Waals surface area contributed by atoms with Crippen LogP contribution in [-0.4, -0.2) is 37.5 Å². The number of nitrogens with one attached hydrogen (secondary N) is 3. The van der Waals surface area contributed by atoms with Crippen LogP contribution in [0, 0.1) is 0 Å². The fourth-order valence-electron chi connectivity index (χ4n) is 2.50. The molecule has 0 heterocycles. The van der Waals surface area contributed by atoms with E-state index in [-0.39, 0.29) is 30.4 Å². The molecule has 3 atom stereocenters. The number of carbonyl (C=O) groups excluding carboxylic acids is 2. The average molecular weight is 334 g/mol. The number of para-hydroxylation sites is 1. The predicted molar refractivity (Wildman–Crippen MR) is 98.3 cm³/mol. The molecule has 1 unspecified atom stereocenters. The summed E-state index contributed by atoms with van der Waals surface area (Å²) >= 11 is 0. The highest BCUT2D eigenvalue weighted by Gasteiger charge is 2.25. The molecule has 0 fully saturated rings. The second kappa shape index (κ2) is 9.42. The Morgan fingerprint density at radius 3 is 2.33 bits per heavy atom. The van der Waals surface area contributed by atoms with Crippen molar-refractivity contribution in [1.82, 2.24) is 5.32 Å². The Morgan fingerprint density at radius 1 is 1.12 bits per heavy atom. The third-order valence-electron chi connectivity index (χ3n) is 4.38. The molecule has 0 aliphatic carbocycles. The molecule has 0 aliphatic heterocycles. The minimum absolute atomic E-state index is 0.0397. The summed E-state index contributed by atoms with van der Waals surface area (Å²) in [5.74, 6) is 0.279. The van der Waals surface area contributed by atoms with Gasteiger partial charge in [-0.3, -0.25) is 9.59 Å². The van der Waals surface area contributed by atoms with Gasteiger partial charge in [0.25, 0.3) is 11.8 Å². The molecule has 134 valence electrons. The lowest BCUT2D eigenvalue weighted by Gasteiger charge is -2.22. The van der Waals surface area contributed by atoms with Crippen LogP contribution in [0.3, 0.4) is 0 Å². The van der Waals surface area contributed by atoms with Gasteiger partial charge in [0.2, 0.25) is 0 Å². The van der Waals surface area contributed by atoms with Crippen molar-refractivity contribution in [1.29, 1.82) is 0 Å². The van der Waals surface area contributed by atoms with Crippen molar-refractivity contribution >= 4 is 17.5 Å². The molecule has 0 spiro atoms. The fraction of sp³-hybridized carbons (Fsp3) is 0.579. The maximum absolute atomic E-state index is 12.6. The summed E-state index contributed by atoms with van der Waals surface area (Å²) in [5, 5.41) is 5.89. The highest BCUT2D eigenvalue weighted by atomic mass is 16.2. The molecule has 5 nitrogen and oxygen atoms in total. The quantitative estimate of drug-likeness (QED) is 0.676. The predicted octanol–water partition coefficient (Wildman–Crippen LogP) is 1.57. The molecule has 0 radical (unpaired) electrons. The van der Waals surface area contributed by atoms with Gasteiger partial charge in [-0.2, -0.15) is 0 Å². The van der Waals surface area contributed by atoms with Crippen LogP contribution in [0.2, 0.25) is 0 Å². The highest BCUT2D eigenvalue weighted by Crippen LogP contribution is 2.26. The van der Waals surface area contributed by atoms with Crippen molar-refractivity contribution in [2.24, 2.45) is 0 Å². The monoisotopic (exact) mass is 334 g/mol. The van der Waals surface area contributed by atoms with Crippen molar-refractivity contribution in [2.75, 3.05) is 18.9 Å². The Bertz CT molecular complexity index is 557. The molecule has 1 aromatic rings. The number of rotatable bonds is 8. The summed E-state index contributed by atoms with van der Waals surface area (Å²) in [4.78, 5) is 25.3. The van der Waals surface area contributed by atoms with Crippen molar-refractivity contribution < 1.29 is 14.5 Å². The summed E-state index contributed by atoms with van der Waals surface area (Å²) in [7, 11) is 1.87. The number of quaternary nitrogens is 1. The fourth-order valence-corrected chi connectivity index (χ4v) is 2.50. The van der Waals surface area contributed by atoms with Gasteiger partial charge in [0, 0.05) is 11.7 Å². The Hall–Kier alpha value is -1.88. The summed E-state index contributed by atoms with van der Waals surface area (Å²) in [6.45, 7) is 10.3. The topological polar surface area (TPSA) is 62.6 Å². The third kappa shape index (κ3) is 5.96. The molecule has 2 amide bonds. The van der Waals surface area contributed by atoms with E-state index in [1.165, 1.54) is 0 Å². The number of benzene rings is 1. The minimum Gasteiger partial charge on any atom is -0.349 e. The van der Waals surface area contributed by atoms with Gasteiger partial charge >= 0.3 is 0 Å². The minimum atomic E-state index is -0.312. The van der Waals surface area contributed by atoms with Gasteiger partial charge in [-0.25, -0.2) is 0 Å². The number of amides is 2. The van der Waals surface area contributed by atoms with Crippen molar-refractivity contribution in [2.45, 2.75) is 59.0 Å². The molecule has 0 bridgehead atoms. The number of likely N-dealkylation sites (N-methyl/N-ethyl adjacent to an activating group) is 1. The maximum Gasteiger partial charge on any atom is 0.282 e. The summed E-state index contributed by atoms with van der Waals surface area (Å²) in [6.07, 6.45) is 1.02. The first-order chi connectivity index (χ1) is 11.3. The Morgan fingerprint density at radius 2 is 1.75 bits per heavy atom. The van der Waals surface area contributed by atoms with Crippen LogP contribution in [0.1, 0.15) is 52.5 Å². The van der Waals surface area contributed by atoms with Gasteiger partial charge in [0.1, 0.15) is 0 Å². The van der Waals surface area contributed by atoms with Crippen LogP contribution in [0.5, 0.6) is 0 Å². The lowest BCUT2D eigenvalue weighted by atomic mass is 9.97. The first kappa shape index (κ1) is 20.2. The number of carbonyl (C=O) groups is 2. The van der Waals surface area contributed by atoms with E-state index in [2.05, 4.69) is 30.5 Å². The lowest BCUT2D eigenvalue weighted by molar-refractivity contribution is -0.885. The van der Waals surface area contributed by atoms with E-state index in [4.69, 9.17) is 0 Å². The van der Waals surface area contributed by atoms with E-state index in [9.17, 15) is 9.59 Å². The zero-order valence-electron chi connectivity index (χ0n) is 15.8. The van der Waals surface area contributed by atoms with Crippen LogP contribution in [-0.2, 0) is 9.59 Å². The molecule has 24 heavy (non-hydrogen) atoms. The van der Waals surface area contributed by atoms with Gasteiger partial charge < -0.3 is 15.5 Å². The summed E-state index contributed by atoms with van der Waals surface area (Å²) < 4.78 is 0. The van der Waals surface area contributed by atoms with E-state index in [1.807, 2.05) is 46.0 Å². The number of anilines is 1. The van der Waals surface area contributed by atoms with Crippen molar-refractivity contribution in [3.8, 4) is 0 Å². The molecule has 0 aromatic heterocycles. The molecular weight excluding hydrogens is 302 g/mol. The van der Waals surface area contributed by atoms with Crippen LogP contribution in [0.4, 0.5) is 5.69 Å². The summed E-state index contributed by atoms with van der Waals surface area (Å²) in [6, 6.07) is 7.71. The summed E-state index contributed by atoms with van der Waals surface area (Å²) in [5.41, 5.74) is 2.01. The molecule has 1 rings (SSSR count). The van der Waals surface area contributed by atoms with Gasteiger partial charge in [-0.1, -0.05) is 32.0 Å². The molecule has 3 N–H and O–H groups in total. The van der Waals surface area contributed by atoms with E-state index in [0.717, 1.165) is 22.6 Å². The van der Waals surface area contributed by atoms with E-state index in [0.29, 0.717) is 5.92 Å². The van der Waals surface area contributed by atoms with E-state index in [1.54, 1.807) is 0 Å². The molecule has 1 aromatic carbocycles. The Kier molecular flexibility index (Phi) is 7.92. The van der Waals surface area contributed by atoms with Gasteiger partial charge in [0.05, 0.1) is 7.05 Å². The second-order valence-corrected chi connectivity index (χ2v) is 6.85. The van der Waals surface area contributed by atoms with Gasteiger partial charge in [-0.15, -0.1) is 0 Å². The normalized spacial score (nSPS) is 14.8. The van der Waals surface area contributed by atoms with Crippen LogP contribution in [0.25, 0.3) is 0 Å². The van der Waals surface area contributed by atoms with Gasteiger partial charge in [-0.05, 0) is 44.7 Å². The zero-order valence-corrected chi connectivity index (χ0v) is 15.8. The molecule has 5 heteroatoms. The van der Waals surface area contributed by atoms with Crippen molar-refractivity contribution in [3.63, 3.8) is 0 Å². The third-order valence-corrected chi connectivity index (χ3v) is 4.38. The Balaban J connectivity index is 2.72. The first-order valence-corrected chi connectivity index (χ1v) is 8.77. The van der Waals surface area contributed by atoms with Crippen molar-refractivity contribution in [3.05, 3.63) is 29.8 Å². The van der Waals surface area contributed by atoms with Crippen LogP contribution < -0.4 is 15.5 Å². The second-order valence-electron chi connectivity index (χ2n) is 6.85. The molecular formula is C19H32N3O2+. The van der Waals surface area contributed by atoms with E-state index < -0.39 is 0 Å². The largest absolute Gasteiger partial charge is 0.349 e. The van der Waals surface area contributed by atoms with Crippen LogP contribution >= 0.6 is 0 Å². The molecule has 0 saturated heterocycles. The SMILES string of the molecule is CC[C@H](C)c1ccccc1NC(=O)[C@@H](C)[NH+](C)CC(=O)NC(C)C. The van der Waals surface area contributed by atoms with E-state index >= 15 is 0 Å². The average Bonchev–Trinajstić information content (AvgIpc) is 2.52. The van der Waals surface area contributed by atoms with Gasteiger partial charge in [0.15, 0.2) is 12.6 Å². The molecule has 0 aliphatic rings. The standard InChI is InChI=1S/C19H31N3O2/c1-7-14(4)16-10-8-9-11-17(16)21-19(24)15(5)22(6)12-18(23)20-13(2)3/h8-11,13-15H,7,12H2,1-6H3,(H,20,23)(H,21,24)/p+1/t14-,15+/m0/s1. The Labute approximate surface area is 145 Å². The molecule has 0 saturated carbocycles. The maximum atomic E-state index is 12.6.